The third-order valence-corrected chi connectivity index (χ3v) is 5.36. The largest absolute Gasteiger partial charge is 0.465 e. The van der Waals surface area contributed by atoms with Crippen molar-refractivity contribution in [2.75, 3.05) is 7.11 Å². The lowest BCUT2D eigenvalue weighted by Crippen LogP contribution is -2.15. The summed E-state index contributed by atoms with van der Waals surface area (Å²) < 4.78 is 30.2. The van der Waals surface area contributed by atoms with E-state index in [0.717, 1.165) is 18.0 Å². The van der Waals surface area contributed by atoms with Gasteiger partial charge in [0.05, 0.1) is 12.0 Å². The molecule has 0 aliphatic carbocycles. The fourth-order valence-electron chi connectivity index (χ4n) is 2.39. The van der Waals surface area contributed by atoms with Gasteiger partial charge in [-0.3, -0.25) is 0 Å². The maximum atomic E-state index is 12.8. The summed E-state index contributed by atoms with van der Waals surface area (Å²) in [7, 11) is -2.81. The van der Waals surface area contributed by atoms with E-state index in [1.165, 1.54) is 18.2 Å². The van der Waals surface area contributed by atoms with Crippen molar-refractivity contribution < 1.29 is 17.9 Å². The normalized spacial score (nSPS) is 12.3. The van der Waals surface area contributed by atoms with Crippen LogP contribution in [0.3, 0.4) is 0 Å². The fraction of sp³-hybridized carbons (Fsp3) is 0.0556. The lowest BCUT2D eigenvalue weighted by atomic mass is 10.1. The van der Waals surface area contributed by atoms with Gasteiger partial charge in [-0.15, -0.1) is 0 Å². The number of H-pyrrole nitrogens is 1. The number of methoxy groups -OCH3 is 1. The van der Waals surface area contributed by atoms with E-state index in [1.807, 2.05) is 12.1 Å². The number of aromatic amines is 1. The molecule has 122 valence electrons. The van der Waals surface area contributed by atoms with Crippen molar-refractivity contribution in [1.82, 2.24) is 4.98 Å². The van der Waals surface area contributed by atoms with Gasteiger partial charge in [-0.2, -0.15) is 0 Å². The van der Waals surface area contributed by atoms with E-state index in [0.29, 0.717) is 5.56 Å². The number of nitrogens with one attached hydrogen (secondary N) is 1. The van der Waals surface area contributed by atoms with Crippen LogP contribution in [0.5, 0.6) is 0 Å². The van der Waals surface area contributed by atoms with Crippen LogP contribution in [-0.2, 0) is 19.4 Å². The van der Waals surface area contributed by atoms with Gasteiger partial charge in [0.2, 0.25) is 9.84 Å². The van der Waals surface area contributed by atoms with Gasteiger partial charge in [-0.1, -0.05) is 24.3 Å². The quantitative estimate of drug-likeness (QED) is 0.584. The predicted octanol–water partition coefficient (Wildman–Crippen LogP) is 3.16. The maximum absolute atomic E-state index is 12.8. The lowest BCUT2D eigenvalue weighted by Gasteiger charge is -2.08. The zero-order chi connectivity index (χ0) is 17.2. The highest BCUT2D eigenvalue weighted by atomic mass is 32.2. The third-order valence-electron chi connectivity index (χ3n) is 3.60. The number of ether oxygens (including phenoxy) is 1. The molecule has 0 amide bonds. The van der Waals surface area contributed by atoms with Crippen LogP contribution in [0.15, 0.2) is 70.6 Å². The summed E-state index contributed by atoms with van der Waals surface area (Å²) in [5.41, 5.74) is 1.53. The fourth-order valence-corrected chi connectivity index (χ4v) is 3.75. The Morgan fingerprint density at radius 2 is 1.83 bits per heavy atom. The molecular weight excluding hydrogens is 326 g/mol. The molecular formula is C18H15NO4S. The van der Waals surface area contributed by atoms with Gasteiger partial charge in [0, 0.05) is 11.7 Å². The molecule has 24 heavy (non-hydrogen) atoms. The van der Waals surface area contributed by atoms with Crippen LogP contribution in [0.1, 0.15) is 5.56 Å². The minimum absolute atomic E-state index is 0.0457. The standard InChI is InChI=1S/C18H15NO4S/c1-23-18(20)17(24(21,22)15-5-3-2-4-6-15)12-13-7-8-16-14(11-13)9-10-19-16/h2-12,19H,1H3. The van der Waals surface area contributed by atoms with Crippen LogP contribution in [0, 0.1) is 0 Å². The summed E-state index contributed by atoms with van der Waals surface area (Å²) in [6.07, 6.45) is 3.13. The molecule has 0 saturated heterocycles. The molecule has 0 atom stereocenters. The maximum Gasteiger partial charge on any atom is 0.349 e. The summed E-state index contributed by atoms with van der Waals surface area (Å²) in [6.45, 7) is 0. The zero-order valence-corrected chi connectivity index (χ0v) is 13.7. The van der Waals surface area contributed by atoms with Crippen LogP contribution in [0.2, 0.25) is 0 Å². The topological polar surface area (TPSA) is 76.2 Å². The number of hydrogen-bond donors (Lipinski definition) is 1. The Bertz CT molecular complexity index is 1020. The first-order valence-electron chi connectivity index (χ1n) is 7.19. The number of hydrogen-bond acceptors (Lipinski definition) is 4. The van der Waals surface area contributed by atoms with E-state index in [9.17, 15) is 13.2 Å². The number of carbonyl (C=O) groups is 1. The molecule has 1 heterocycles. The first-order valence-corrected chi connectivity index (χ1v) is 8.68. The zero-order valence-electron chi connectivity index (χ0n) is 12.9. The van der Waals surface area contributed by atoms with Gasteiger partial charge in [-0.05, 0) is 47.4 Å². The number of fused-ring (bicyclic) bond motifs is 1. The Kier molecular flexibility index (Phi) is 4.22. The summed E-state index contributed by atoms with van der Waals surface area (Å²) in [5.74, 6) is -0.895. The molecule has 0 radical (unpaired) electrons. The molecule has 0 aliphatic heterocycles. The molecule has 0 unspecified atom stereocenters. The van der Waals surface area contributed by atoms with E-state index in [4.69, 9.17) is 0 Å². The molecule has 0 spiro atoms. The van der Waals surface area contributed by atoms with Crippen LogP contribution >= 0.6 is 0 Å². The molecule has 0 fully saturated rings. The summed E-state index contributed by atoms with van der Waals surface area (Å²) in [6, 6.07) is 15.0. The monoisotopic (exact) mass is 341 g/mol. The summed E-state index contributed by atoms with van der Waals surface area (Å²) in [5, 5.41) is 0.921. The Morgan fingerprint density at radius 3 is 2.54 bits per heavy atom. The molecule has 2 aromatic carbocycles. The number of aromatic nitrogens is 1. The Labute approximate surface area is 139 Å². The van der Waals surface area contributed by atoms with Gasteiger partial charge < -0.3 is 9.72 Å². The molecule has 1 N–H and O–H groups in total. The number of esters is 1. The van der Waals surface area contributed by atoms with E-state index in [1.54, 1.807) is 36.5 Å². The highest BCUT2D eigenvalue weighted by Crippen LogP contribution is 2.24. The smallest absolute Gasteiger partial charge is 0.349 e. The average Bonchev–Trinajstić information content (AvgIpc) is 3.07. The second-order valence-electron chi connectivity index (χ2n) is 5.14. The Morgan fingerprint density at radius 1 is 1.08 bits per heavy atom. The second-order valence-corrected chi connectivity index (χ2v) is 7.06. The second kappa shape index (κ2) is 6.33. The first-order chi connectivity index (χ1) is 11.5. The van der Waals surface area contributed by atoms with Crippen molar-refractivity contribution >= 4 is 32.8 Å². The van der Waals surface area contributed by atoms with E-state index in [2.05, 4.69) is 9.72 Å². The van der Waals surface area contributed by atoms with Crippen molar-refractivity contribution in [2.24, 2.45) is 0 Å². The molecule has 3 rings (SSSR count). The third kappa shape index (κ3) is 2.96. The van der Waals surface area contributed by atoms with Crippen molar-refractivity contribution in [3.8, 4) is 0 Å². The molecule has 3 aromatic rings. The van der Waals surface area contributed by atoms with E-state index < -0.39 is 20.7 Å². The van der Waals surface area contributed by atoms with Gasteiger partial charge in [0.15, 0.2) is 4.91 Å². The highest BCUT2D eigenvalue weighted by molar-refractivity contribution is 7.96. The van der Waals surface area contributed by atoms with E-state index in [-0.39, 0.29) is 4.90 Å². The highest BCUT2D eigenvalue weighted by Gasteiger charge is 2.27. The summed E-state index contributed by atoms with van der Waals surface area (Å²) >= 11 is 0. The number of sulfone groups is 1. The van der Waals surface area contributed by atoms with E-state index >= 15 is 0 Å². The van der Waals surface area contributed by atoms with Crippen molar-refractivity contribution in [1.29, 1.82) is 0 Å². The summed E-state index contributed by atoms with van der Waals surface area (Å²) in [4.78, 5) is 14.8. The predicted molar refractivity (Wildman–Crippen MR) is 91.9 cm³/mol. The van der Waals surface area contributed by atoms with Gasteiger partial charge in [-0.25, -0.2) is 13.2 Å². The van der Waals surface area contributed by atoms with Crippen molar-refractivity contribution in [2.45, 2.75) is 4.90 Å². The van der Waals surface area contributed by atoms with Crippen molar-refractivity contribution in [3.05, 3.63) is 71.3 Å². The number of benzene rings is 2. The lowest BCUT2D eigenvalue weighted by molar-refractivity contribution is -0.135. The Hall–Kier alpha value is -2.86. The van der Waals surface area contributed by atoms with Crippen LogP contribution in [0.25, 0.3) is 17.0 Å². The molecule has 0 bridgehead atoms. The average molecular weight is 341 g/mol. The molecule has 0 aliphatic rings. The Balaban J connectivity index is 2.14. The number of rotatable bonds is 4. The molecule has 6 heteroatoms. The minimum Gasteiger partial charge on any atom is -0.465 e. The van der Waals surface area contributed by atoms with Gasteiger partial charge in [0.1, 0.15) is 0 Å². The van der Waals surface area contributed by atoms with Crippen LogP contribution in [-0.4, -0.2) is 26.5 Å². The van der Waals surface area contributed by atoms with Gasteiger partial charge in [0.25, 0.3) is 0 Å². The molecule has 5 nitrogen and oxygen atoms in total. The SMILES string of the molecule is COC(=O)C(=Cc1ccc2[nH]ccc2c1)S(=O)(=O)c1ccccc1. The van der Waals surface area contributed by atoms with Crippen LogP contribution in [0.4, 0.5) is 0 Å². The van der Waals surface area contributed by atoms with Crippen molar-refractivity contribution in [3.63, 3.8) is 0 Å². The molecule has 0 saturated carbocycles. The number of carbonyl (C=O) groups excluding carboxylic acids is 1. The molecule has 1 aromatic heterocycles. The van der Waals surface area contributed by atoms with Gasteiger partial charge >= 0.3 is 5.97 Å². The minimum atomic E-state index is -3.97. The van der Waals surface area contributed by atoms with Crippen LogP contribution < -0.4 is 0 Å². The first kappa shape index (κ1) is 16.0.